The lowest BCUT2D eigenvalue weighted by atomic mass is 9.68. The average molecular weight is 712 g/mol. The molecule has 2 atom stereocenters. The summed E-state index contributed by atoms with van der Waals surface area (Å²) in [6.07, 6.45) is 4.65. The van der Waals surface area contributed by atoms with E-state index in [0.717, 1.165) is 67.6 Å². The molecule has 3 saturated heterocycles. The van der Waals surface area contributed by atoms with Crippen LogP contribution in [-0.2, 0) is 13.2 Å². The van der Waals surface area contributed by atoms with E-state index in [0.29, 0.717) is 11.5 Å². The molecule has 3 aromatic carbocycles. The van der Waals surface area contributed by atoms with E-state index in [1.54, 1.807) is 0 Å². The number of aliphatic hydroxyl groups excluding tert-OH is 1. The summed E-state index contributed by atoms with van der Waals surface area (Å²) >= 11 is 0. The quantitative estimate of drug-likeness (QED) is 0.218. The summed E-state index contributed by atoms with van der Waals surface area (Å²) < 4.78 is 31.3. The van der Waals surface area contributed by atoms with Crippen molar-refractivity contribution in [1.82, 2.24) is 4.90 Å². The maximum absolute atomic E-state index is 12.5. The minimum absolute atomic E-state index is 0. The zero-order valence-corrected chi connectivity index (χ0v) is 31.6. The first-order valence-electron chi connectivity index (χ1n) is 18.2. The topological polar surface area (TPSA) is 76.4 Å². The summed E-state index contributed by atoms with van der Waals surface area (Å²) in [6, 6.07) is 22.9. The highest BCUT2D eigenvalue weighted by atomic mass is 35.5. The van der Waals surface area contributed by atoms with Gasteiger partial charge in [-0.3, -0.25) is 14.0 Å². The van der Waals surface area contributed by atoms with E-state index in [1.165, 1.54) is 54.9 Å². The van der Waals surface area contributed by atoms with Crippen LogP contribution in [0.1, 0.15) is 80.5 Å². The van der Waals surface area contributed by atoms with E-state index in [-0.39, 0.29) is 18.2 Å². The van der Waals surface area contributed by atoms with Crippen molar-refractivity contribution < 1.29 is 35.8 Å². The van der Waals surface area contributed by atoms with Crippen LogP contribution >= 0.6 is 10.6 Å². The summed E-state index contributed by atoms with van der Waals surface area (Å²) in [5, 5.41) is 12.5. The maximum atomic E-state index is 12.5. The molecule has 49 heavy (non-hydrogen) atoms. The lowest BCUT2D eigenvalue weighted by molar-refractivity contribution is -0.953. The number of rotatable bonds is 13. The van der Waals surface area contributed by atoms with Gasteiger partial charge in [-0.05, 0) is 59.9 Å². The molecule has 3 fully saturated rings. The van der Waals surface area contributed by atoms with Gasteiger partial charge in [0.05, 0.1) is 36.4 Å². The van der Waals surface area contributed by atoms with Gasteiger partial charge in [-0.15, -0.1) is 0 Å². The molecule has 0 amide bonds. The number of halogens is 1. The first kappa shape index (κ1) is 37.9. The van der Waals surface area contributed by atoms with Crippen molar-refractivity contribution in [3.8, 4) is 5.75 Å². The number of hydrogen-bond acceptors (Lipinski definition) is 6. The number of quaternary nitrogens is 1. The van der Waals surface area contributed by atoms with Crippen molar-refractivity contribution in [3.05, 3.63) is 89.0 Å². The van der Waals surface area contributed by atoms with Gasteiger partial charge >= 0.3 is 0 Å². The second-order valence-electron chi connectivity index (χ2n) is 15.1. The third kappa shape index (κ3) is 8.12. The number of unbranched alkanes of at least 4 members (excludes halogenated alkanes) is 2. The summed E-state index contributed by atoms with van der Waals surface area (Å²) in [7, 11) is 0.854. The van der Waals surface area contributed by atoms with Gasteiger partial charge in [0, 0.05) is 56.3 Å². The van der Waals surface area contributed by atoms with Crippen LogP contribution in [0.4, 0.5) is 5.69 Å². The van der Waals surface area contributed by atoms with Gasteiger partial charge in [-0.25, -0.2) is 0 Å². The van der Waals surface area contributed by atoms with E-state index in [2.05, 4.69) is 61.2 Å². The summed E-state index contributed by atoms with van der Waals surface area (Å²) in [6.45, 7) is 13.2. The number of piperazine rings is 3. The van der Waals surface area contributed by atoms with Gasteiger partial charge in [0.25, 0.3) is 0 Å². The molecule has 3 N–H and O–H groups in total. The summed E-state index contributed by atoms with van der Waals surface area (Å²) in [4.78, 5) is 5.20. The van der Waals surface area contributed by atoms with Gasteiger partial charge in [0.2, 0.25) is 0 Å². The largest absolute Gasteiger partial charge is 1.00 e. The third-order valence-electron chi connectivity index (χ3n) is 11.6. The minimum Gasteiger partial charge on any atom is -1.00 e. The van der Waals surface area contributed by atoms with Crippen LogP contribution in [0.5, 0.6) is 5.75 Å². The Labute approximate surface area is 302 Å². The molecule has 270 valence electrons. The van der Waals surface area contributed by atoms with Crippen LogP contribution in [0, 0.1) is 5.41 Å². The molecular formula is C40H58ClN3O4S. The lowest BCUT2D eigenvalue weighted by Gasteiger charge is -2.50. The molecule has 4 aliphatic heterocycles. The molecule has 4 aliphatic rings. The molecule has 4 heterocycles. The Bertz CT molecular complexity index is 1500. The molecular weight excluding hydrogens is 654 g/mol. The third-order valence-corrected chi connectivity index (χ3v) is 13.7. The number of aliphatic hydroxyl groups is 1. The Kier molecular flexibility index (Phi) is 12.3. The highest BCUT2D eigenvalue weighted by molar-refractivity contribution is 8.24. The van der Waals surface area contributed by atoms with Gasteiger partial charge < -0.3 is 31.6 Å². The number of ether oxygens (including phenoxy) is 1. The van der Waals surface area contributed by atoms with Crippen molar-refractivity contribution in [2.24, 2.45) is 5.41 Å². The molecule has 7 nitrogen and oxygen atoms in total. The predicted octanol–water partition coefficient (Wildman–Crippen LogP) is 4.96. The first-order valence-corrected chi connectivity index (χ1v) is 19.9. The monoisotopic (exact) mass is 711 g/mol. The lowest BCUT2D eigenvalue weighted by Crippen LogP contribution is -3.00. The Hall–Kier alpha value is -2.30. The second kappa shape index (κ2) is 15.9. The van der Waals surface area contributed by atoms with Gasteiger partial charge in [0.15, 0.2) is 0 Å². The SMILES string of the molecule is CCCCC1(CCCC)CS(O)(O)c2ccc(N(C)C)cc2C(c2ccc(OCc3ccccc3C[N+]34CCN(CC3)CC4)cc2)C1O.[Cl-]. The normalized spacial score (nSPS) is 25.8. The fraction of sp³-hybridized carbons (Fsp3) is 0.550. The number of anilines is 1. The molecule has 7 rings (SSSR count). The predicted molar refractivity (Wildman–Crippen MR) is 198 cm³/mol. The molecule has 0 spiro atoms. The molecule has 0 aromatic heterocycles. The highest BCUT2D eigenvalue weighted by Crippen LogP contribution is 2.62. The molecule has 9 heteroatoms. The number of fused-ring (bicyclic) bond motifs is 4. The minimum atomic E-state index is -3.14. The maximum Gasteiger partial charge on any atom is 0.119 e. The van der Waals surface area contributed by atoms with E-state index in [4.69, 9.17) is 4.74 Å². The van der Waals surface area contributed by atoms with Crippen LogP contribution in [0.25, 0.3) is 0 Å². The summed E-state index contributed by atoms with van der Waals surface area (Å²) in [5.74, 6) is 0.603. The fourth-order valence-electron chi connectivity index (χ4n) is 8.54. The van der Waals surface area contributed by atoms with E-state index in [9.17, 15) is 14.2 Å². The Morgan fingerprint density at radius 2 is 1.49 bits per heavy atom. The highest BCUT2D eigenvalue weighted by Gasteiger charge is 2.49. The molecule has 3 aromatic rings. The van der Waals surface area contributed by atoms with E-state index < -0.39 is 28.0 Å². The first-order chi connectivity index (χ1) is 23.1. The molecule has 0 aliphatic carbocycles. The van der Waals surface area contributed by atoms with Crippen LogP contribution in [-0.4, -0.2) is 88.8 Å². The zero-order chi connectivity index (χ0) is 33.9. The molecule has 0 radical (unpaired) electrons. The fourth-order valence-corrected chi connectivity index (χ4v) is 10.8. The van der Waals surface area contributed by atoms with Crippen molar-refractivity contribution in [3.63, 3.8) is 0 Å². The number of benzene rings is 3. The summed E-state index contributed by atoms with van der Waals surface area (Å²) in [5.41, 5.74) is 4.80. The average Bonchev–Trinajstić information content (AvgIpc) is 3.16. The Morgan fingerprint density at radius 3 is 2.08 bits per heavy atom. The van der Waals surface area contributed by atoms with Gasteiger partial charge in [-0.1, -0.05) is 75.9 Å². The van der Waals surface area contributed by atoms with Crippen molar-refractivity contribution in [1.29, 1.82) is 0 Å². The molecule has 2 unspecified atom stereocenters. The van der Waals surface area contributed by atoms with Gasteiger partial charge in [0.1, 0.15) is 18.9 Å². The smallest absolute Gasteiger partial charge is 0.119 e. The Balaban J connectivity index is 0.00000468. The second-order valence-corrected chi connectivity index (χ2v) is 17.1. The number of hydrogen-bond donors (Lipinski definition) is 3. The van der Waals surface area contributed by atoms with Crippen molar-refractivity contribution in [2.45, 2.75) is 82.4 Å². The van der Waals surface area contributed by atoms with Crippen molar-refractivity contribution in [2.75, 3.05) is 64.0 Å². The standard InChI is InChI=1S/C40H57N3O4S.ClH/c1-5-7-19-40(20-8-6-2)30-48(45,46)37-18-15-34(41(3)4)27-36(37)38(39(40)44)31-13-16-35(17-14-31)47-29-33-12-10-9-11-32(33)28-43-24-21-42(22-25-43)23-26-43;/h9-18,27,38-39,44H,5-8,19-26,28-30H2,1-4H3,(H-,45,46);1H. The molecule has 0 saturated carbocycles. The van der Waals surface area contributed by atoms with Crippen LogP contribution in [0.15, 0.2) is 71.6 Å². The zero-order valence-electron chi connectivity index (χ0n) is 30.0. The van der Waals surface area contributed by atoms with Crippen LogP contribution in [0.2, 0.25) is 0 Å². The van der Waals surface area contributed by atoms with E-state index >= 15 is 0 Å². The number of nitrogens with zero attached hydrogens (tertiary/aromatic N) is 3. The van der Waals surface area contributed by atoms with E-state index in [1.807, 2.05) is 43.3 Å². The van der Waals surface area contributed by atoms with Crippen LogP contribution < -0.4 is 22.0 Å². The van der Waals surface area contributed by atoms with Crippen molar-refractivity contribution >= 4 is 16.3 Å². The van der Waals surface area contributed by atoms with Crippen LogP contribution in [0.3, 0.4) is 0 Å². The van der Waals surface area contributed by atoms with Gasteiger partial charge in [-0.2, -0.15) is 10.6 Å². The Morgan fingerprint density at radius 1 is 0.878 bits per heavy atom. The molecule has 2 bridgehead atoms.